The number of halogens is 1. The number of benzene rings is 2. The van der Waals surface area contributed by atoms with Crippen molar-refractivity contribution in [1.29, 1.82) is 0 Å². The molecule has 0 saturated carbocycles. The average molecular weight is 458 g/mol. The number of rotatable bonds is 4. The number of carbonyl (C=O) groups is 2. The molecule has 8 heteroatoms. The van der Waals surface area contributed by atoms with Crippen molar-refractivity contribution in [2.45, 2.75) is 38.8 Å². The Bertz CT molecular complexity index is 930. The molecule has 7 nitrogen and oxygen atoms in total. The molecule has 2 atom stereocenters. The third-order valence-corrected chi connectivity index (χ3v) is 6.04. The molecule has 3 amide bonds. The summed E-state index contributed by atoms with van der Waals surface area (Å²) in [7, 11) is 0. The number of para-hydroxylation sites is 1. The molecule has 172 valence electrons. The van der Waals surface area contributed by atoms with Crippen molar-refractivity contribution < 1.29 is 9.59 Å². The molecule has 0 radical (unpaired) electrons. The number of nitrogens with zero attached hydrogens (tertiary/aromatic N) is 2. The molecular formula is C24H32ClN5O2. The minimum atomic E-state index is -0.0575. The van der Waals surface area contributed by atoms with Crippen LogP contribution in [0.5, 0.6) is 0 Å². The lowest BCUT2D eigenvalue weighted by Crippen LogP contribution is -2.48. The van der Waals surface area contributed by atoms with Gasteiger partial charge in [0.1, 0.15) is 0 Å². The molecule has 2 aliphatic heterocycles. The first kappa shape index (κ1) is 23.9. The fourth-order valence-corrected chi connectivity index (χ4v) is 4.42. The predicted molar refractivity (Wildman–Crippen MR) is 132 cm³/mol. The van der Waals surface area contributed by atoms with E-state index in [1.807, 2.05) is 59.2 Å². The zero-order valence-corrected chi connectivity index (χ0v) is 19.5. The summed E-state index contributed by atoms with van der Waals surface area (Å²) in [5, 5.41) is 9.85. The molecule has 2 aromatic carbocycles. The van der Waals surface area contributed by atoms with E-state index in [1.54, 1.807) is 0 Å². The fourth-order valence-electron chi connectivity index (χ4n) is 4.42. The van der Waals surface area contributed by atoms with E-state index < -0.39 is 0 Å². The van der Waals surface area contributed by atoms with Crippen LogP contribution in [0.15, 0.2) is 48.5 Å². The summed E-state index contributed by atoms with van der Waals surface area (Å²) in [6, 6.07) is 16.1. The maximum Gasteiger partial charge on any atom is 0.321 e. The van der Waals surface area contributed by atoms with E-state index in [4.69, 9.17) is 0 Å². The zero-order chi connectivity index (χ0) is 21.8. The molecule has 4 rings (SSSR count). The van der Waals surface area contributed by atoms with Crippen molar-refractivity contribution in [3.8, 4) is 0 Å². The van der Waals surface area contributed by atoms with Gasteiger partial charge in [-0.3, -0.25) is 4.79 Å². The van der Waals surface area contributed by atoms with Crippen LogP contribution in [-0.4, -0.2) is 49.1 Å². The van der Waals surface area contributed by atoms with E-state index in [0.717, 1.165) is 55.2 Å². The number of amides is 3. The van der Waals surface area contributed by atoms with Gasteiger partial charge in [-0.25, -0.2) is 4.79 Å². The Kier molecular flexibility index (Phi) is 7.99. The van der Waals surface area contributed by atoms with Gasteiger partial charge < -0.3 is 25.8 Å². The van der Waals surface area contributed by atoms with Crippen LogP contribution in [-0.2, 0) is 4.79 Å². The summed E-state index contributed by atoms with van der Waals surface area (Å²) in [4.78, 5) is 28.7. The molecule has 2 aromatic rings. The number of hydrogen-bond donors (Lipinski definition) is 3. The first-order valence-electron chi connectivity index (χ1n) is 11.1. The number of piperazine rings is 1. The van der Waals surface area contributed by atoms with E-state index in [2.05, 4.69) is 28.9 Å². The van der Waals surface area contributed by atoms with Crippen LogP contribution in [0.2, 0.25) is 0 Å². The van der Waals surface area contributed by atoms with Crippen LogP contribution in [0.1, 0.15) is 38.3 Å². The Morgan fingerprint density at radius 2 is 1.69 bits per heavy atom. The number of nitrogens with one attached hydrogen (secondary N) is 3. The van der Waals surface area contributed by atoms with Crippen LogP contribution in [0, 0.1) is 0 Å². The van der Waals surface area contributed by atoms with Gasteiger partial charge in [-0.15, -0.1) is 12.4 Å². The number of anilines is 3. The highest BCUT2D eigenvalue weighted by Gasteiger charge is 2.32. The normalized spacial score (nSPS) is 20.1. The van der Waals surface area contributed by atoms with E-state index >= 15 is 0 Å². The topological polar surface area (TPSA) is 76.7 Å². The average Bonchev–Trinajstić information content (AvgIpc) is 2.80. The fraction of sp³-hybridized carbons (Fsp3) is 0.417. The molecule has 2 aliphatic rings. The third kappa shape index (κ3) is 5.16. The van der Waals surface area contributed by atoms with E-state index in [-0.39, 0.29) is 36.4 Å². The molecular weight excluding hydrogens is 426 g/mol. The van der Waals surface area contributed by atoms with Crippen LogP contribution in [0.4, 0.5) is 21.9 Å². The van der Waals surface area contributed by atoms with Gasteiger partial charge in [0.25, 0.3) is 0 Å². The van der Waals surface area contributed by atoms with Crippen molar-refractivity contribution >= 4 is 41.4 Å². The minimum absolute atomic E-state index is 0. The van der Waals surface area contributed by atoms with Gasteiger partial charge in [0.05, 0.1) is 6.04 Å². The largest absolute Gasteiger partial charge is 0.378 e. The van der Waals surface area contributed by atoms with Crippen molar-refractivity contribution in [2.75, 3.05) is 41.7 Å². The van der Waals surface area contributed by atoms with Gasteiger partial charge in [0.15, 0.2) is 0 Å². The van der Waals surface area contributed by atoms with E-state index in [1.165, 1.54) is 0 Å². The zero-order valence-electron chi connectivity index (χ0n) is 18.6. The highest BCUT2D eigenvalue weighted by Crippen LogP contribution is 2.39. The number of urea groups is 1. The Labute approximate surface area is 196 Å². The molecule has 0 spiro atoms. The third-order valence-electron chi connectivity index (χ3n) is 6.04. The smallest absolute Gasteiger partial charge is 0.321 e. The highest BCUT2D eigenvalue weighted by molar-refractivity contribution is 5.95. The summed E-state index contributed by atoms with van der Waals surface area (Å²) >= 11 is 0. The van der Waals surface area contributed by atoms with Gasteiger partial charge in [-0.1, -0.05) is 25.1 Å². The summed E-state index contributed by atoms with van der Waals surface area (Å²) in [6.45, 7) is 7.12. The minimum Gasteiger partial charge on any atom is -0.378 e. The second-order valence-electron chi connectivity index (χ2n) is 8.20. The first-order chi connectivity index (χ1) is 15.1. The quantitative estimate of drug-likeness (QED) is 0.642. The summed E-state index contributed by atoms with van der Waals surface area (Å²) in [5.41, 5.74) is 3.90. The molecule has 1 fully saturated rings. The standard InChI is InChI=1S/C24H31N5O2.ClH/c1-3-23(30)29-17(2)16-21(20-6-4-5-7-22(20)29)26-18-8-10-19(11-9-18)27-24(31)28-14-12-25-13-15-28;/h4-11,17,21,25-26H,3,12-16H2,1-2H3,(H,27,31);1H/t17-,21+;/m0./s1. The van der Waals surface area contributed by atoms with Crippen LogP contribution in [0.3, 0.4) is 0 Å². The first-order valence-corrected chi connectivity index (χ1v) is 11.1. The number of hydrogen-bond acceptors (Lipinski definition) is 4. The van der Waals surface area contributed by atoms with Crippen molar-refractivity contribution in [3.05, 3.63) is 54.1 Å². The van der Waals surface area contributed by atoms with Gasteiger partial charge in [0.2, 0.25) is 5.91 Å². The lowest BCUT2D eigenvalue weighted by atomic mass is 9.91. The van der Waals surface area contributed by atoms with Gasteiger partial charge >= 0.3 is 6.03 Å². The monoisotopic (exact) mass is 457 g/mol. The maximum atomic E-state index is 12.5. The van der Waals surface area contributed by atoms with Crippen molar-refractivity contribution in [2.24, 2.45) is 0 Å². The Hall–Kier alpha value is -2.77. The summed E-state index contributed by atoms with van der Waals surface area (Å²) in [6.07, 6.45) is 1.34. The molecule has 0 unspecified atom stereocenters. The molecule has 0 aliphatic carbocycles. The molecule has 0 aromatic heterocycles. The lowest BCUT2D eigenvalue weighted by molar-refractivity contribution is -0.118. The molecule has 3 N–H and O–H groups in total. The summed E-state index contributed by atoms with van der Waals surface area (Å²) < 4.78 is 0. The Balaban J connectivity index is 0.00000289. The maximum absolute atomic E-state index is 12.5. The highest BCUT2D eigenvalue weighted by atomic mass is 35.5. The molecule has 32 heavy (non-hydrogen) atoms. The lowest BCUT2D eigenvalue weighted by Gasteiger charge is -2.40. The van der Waals surface area contributed by atoms with Crippen LogP contribution in [0.25, 0.3) is 0 Å². The Morgan fingerprint density at radius 1 is 1.03 bits per heavy atom. The molecule has 1 saturated heterocycles. The van der Waals surface area contributed by atoms with Gasteiger partial charge in [-0.2, -0.15) is 0 Å². The SMILES string of the molecule is CCC(=O)N1c2ccccc2[C@H](Nc2ccc(NC(=O)N3CCNCC3)cc2)C[C@@H]1C.Cl. The predicted octanol–water partition coefficient (Wildman–Crippen LogP) is 4.23. The van der Waals surface area contributed by atoms with Gasteiger partial charge in [-0.05, 0) is 49.2 Å². The number of fused-ring (bicyclic) bond motifs is 1. The van der Waals surface area contributed by atoms with E-state index in [9.17, 15) is 9.59 Å². The Morgan fingerprint density at radius 3 is 2.38 bits per heavy atom. The van der Waals surface area contributed by atoms with Crippen molar-refractivity contribution in [3.63, 3.8) is 0 Å². The van der Waals surface area contributed by atoms with E-state index in [0.29, 0.717) is 6.42 Å². The summed E-state index contributed by atoms with van der Waals surface area (Å²) in [5.74, 6) is 0.156. The van der Waals surface area contributed by atoms with Gasteiger partial charge in [0, 0.05) is 55.7 Å². The van der Waals surface area contributed by atoms with Crippen LogP contribution >= 0.6 is 12.4 Å². The molecule has 2 heterocycles. The second-order valence-corrected chi connectivity index (χ2v) is 8.20. The van der Waals surface area contributed by atoms with Crippen molar-refractivity contribution in [1.82, 2.24) is 10.2 Å². The second kappa shape index (κ2) is 10.7. The molecule has 0 bridgehead atoms. The van der Waals surface area contributed by atoms with Crippen LogP contribution < -0.4 is 20.9 Å². The number of carbonyl (C=O) groups excluding carboxylic acids is 2.